The lowest BCUT2D eigenvalue weighted by atomic mass is 10.0. The summed E-state index contributed by atoms with van der Waals surface area (Å²) in [5.41, 5.74) is 8.17. The number of benzene rings is 2. The molecule has 0 saturated carbocycles. The van der Waals surface area contributed by atoms with Crippen molar-refractivity contribution in [3.05, 3.63) is 58.8 Å². The van der Waals surface area contributed by atoms with Crippen LogP contribution in [-0.2, 0) is 0 Å². The topological polar surface area (TPSA) is 52.0 Å². The van der Waals surface area contributed by atoms with E-state index in [0.29, 0.717) is 11.3 Å². The van der Waals surface area contributed by atoms with Crippen LogP contribution in [0.15, 0.2) is 57.5 Å². The number of nitrogen functional groups attached to an aromatic ring is 1. The van der Waals surface area contributed by atoms with Crippen molar-refractivity contribution in [1.29, 1.82) is 0 Å². The Morgan fingerprint density at radius 2 is 1.55 bits per heavy atom. The molecule has 1 heterocycles. The first-order chi connectivity index (χ1) is 9.65. The first-order valence-electron chi connectivity index (χ1n) is 5.92. The zero-order valence-electron chi connectivity index (χ0n) is 10.3. The molecular weight excluding hydrogens is 323 g/mol. The van der Waals surface area contributed by atoms with E-state index >= 15 is 0 Å². The molecule has 3 rings (SSSR count). The highest BCUT2D eigenvalue weighted by Gasteiger charge is 2.17. The van der Waals surface area contributed by atoms with Gasteiger partial charge in [-0.15, -0.1) is 0 Å². The van der Waals surface area contributed by atoms with E-state index in [0.717, 1.165) is 15.6 Å². The highest BCUT2D eigenvalue weighted by atomic mass is 79.9. The van der Waals surface area contributed by atoms with Crippen LogP contribution in [0.2, 0.25) is 0 Å². The van der Waals surface area contributed by atoms with Crippen LogP contribution in [0, 0.1) is 5.82 Å². The number of hydrogen-bond donors (Lipinski definition) is 1. The first kappa shape index (κ1) is 12.9. The number of aromatic nitrogens is 1. The molecule has 0 atom stereocenters. The Labute approximate surface area is 123 Å². The molecule has 0 radical (unpaired) electrons. The Bertz CT molecular complexity index is 736. The van der Waals surface area contributed by atoms with Gasteiger partial charge in [-0.2, -0.15) is 0 Å². The van der Waals surface area contributed by atoms with E-state index in [1.165, 1.54) is 12.1 Å². The first-order valence-corrected chi connectivity index (χ1v) is 6.71. The lowest BCUT2D eigenvalue weighted by molar-refractivity contribution is 0.436. The van der Waals surface area contributed by atoms with Gasteiger partial charge >= 0.3 is 0 Å². The fraction of sp³-hybridized carbons (Fsp3) is 0. The summed E-state index contributed by atoms with van der Waals surface area (Å²) in [6, 6.07) is 13.7. The largest absolute Gasteiger partial charge is 0.380 e. The lowest BCUT2D eigenvalue weighted by Crippen LogP contribution is -1.89. The van der Waals surface area contributed by atoms with Crippen LogP contribution in [0.25, 0.3) is 22.5 Å². The van der Waals surface area contributed by atoms with Crippen molar-refractivity contribution in [3.63, 3.8) is 0 Å². The predicted octanol–water partition coefficient (Wildman–Crippen LogP) is 4.49. The Hall–Kier alpha value is -2.14. The molecule has 0 amide bonds. The van der Waals surface area contributed by atoms with E-state index in [9.17, 15) is 4.39 Å². The number of hydrogen-bond acceptors (Lipinski definition) is 3. The number of anilines is 1. The molecule has 0 unspecified atom stereocenters. The van der Waals surface area contributed by atoms with E-state index in [-0.39, 0.29) is 11.6 Å². The van der Waals surface area contributed by atoms with Crippen molar-refractivity contribution in [1.82, 2.24) is 5.16 Å². The van der Waals surface area contributed by atoms with Crippen LogP contribution < -0.4 is 5.73 Å². The van der Waals surface area contributed by atoms with Gasteiger partial charge in [-0.1, -0.05) is 33.2 Å². The SMILES string of the molecule is Nc1noc(-c2ccc(Br)cc2)c1-c1ccc(F)cc1. The summed E-state index contributed by atoms with van der Waals surface area (Å²) in [4.78, 5) is 0. The van der Waals surface area contributed by atoms with Gasteiger partial charge in [0.05, 0.1) is 5.56 Å². The van der Waals surface area contributed by atoms with Gasteiger partial charge in [-0.05, 0) is 42.0 Å². The second-order valence-electron chi connectivity index (χ2n) is 4.29. The summed E-state index contributed by atoms with van der Waals surface area (Å²) in [6.07, 6.45) is 0. The summed E-state index contributed by atoms with van der Waals surface area (Å²) in [5.74, 6) is 0.560. The molecule has 3 nitrogen and oxygen atoms in total. The average molecular weight is 333 g/mol. The summed E-state index contributed by atoms with van der Waals surface area (Å²) < 4.78 is 19.3. The van der Waals surface area contributed by atoms with Crippen LogP contribution in [0.4, 0.5) is 10.2 Å². The van der Waals surface area contributed by atoms with Gasteiger partial charge in [-0.3, -0.25) is 0 Å². The second kappa shape index (κ2) is 5.09. The van der Waals surface area contributed by atoms with Crippen molar-refractivity contribution in [2.75, 3.05) is 5.73 Å². The highest BCUT2D eigenvalue weighted by Crippen LogP contribution is 2.36. The molecule has 5 heteroatoms. The monoisotopic (exact) mass is 332 g/mol. The van der Waals surface area contributed by atoms with E-state index in [2.05, 4.69) is 21.1 Å². The van der Waals surface area contributed by atoms with E-state index < -0.39 is 0 Å². The highest BCUT2D eigenvalue weighted by molar-refractivity contribution is 9.10. The van der Waals surface area contributed by atoms with E-state index in [1.54, 1.807) is 12.1 Å². The third-order valence-electron chi connectivity index (χ3n) is 2.96. The fourth-order valence-electron chi connectivity index (χ4n) is 2.00. The summed E-state index contributed by atoms with van der Waals surface area (Å²) in [5, 5.41) is 3.81. The maximum atomic E-state index is 13.0. The molecule has 0 bridgehead atoms. The zero-order valence-corrected chi connectivity index (χ0v) is 11.9. The number of halogens is 2. The van der Waals surface area contributed by atoms with Gasteiger partial charge in [-0.25, -0.2) is 4.39 Å². The van der Waals surface area contributed by atoms with Crippen molar-refractivity contribution >= 4 is 21.7 Å². The standard InChI is InChI=1S/C15H10BrFN2O/c16-11-5-1-10(2-6-11)14-13(15(18)19-20-14)9-3-7-12(17)8-4-9/h1-8H,(H2,18,19). The van der Waals surface area contributed by atoms with Crippen LogP contribution >= 0.6 is 15.9 Å². The van der Waals surface area contributed by atoms with Gasteiger partial charge in [0.1, 0.15) is 5.82 Å². The summed E-state index contributed by atoms with van der Waals surface area (Å²) in [7, 11) is 0. The molecule has 0 aliphatic heterocycles. The summed E-state index contributed by atoms with van der Waals surface area (Å²) >= 11 is 3.38. The molecule has 100 valence electrons. The lowest BCUT2D eigenvalue weighted by Gasteiger charge is -2.03. The molecule has 0 aliphatic rings. The Morgan fingerprint density at radius 3 is 2.20 bits per heavy atom. The minimum Gasteiger partial charge on any atom is -0.380 e. The van der Waals surface area contributed by atoms with Gasteiger partial charge in [0.2, 0.25) is 0 Å². The molecule has 2 N–H and O–H groups in total. The van der Waals surface area contributed by atoms with Crippen molar-refractivity contribution in [3.8, 4) is 22.5 Å². The molecule has 20 heavy (non-hydrogen) atoms. The smallest absolute Gasteiger partial charge is 0.176 e. The van der Waals surface area contributed by atoms with Crippen molar-refractivity contribution in [2.24, 2.45) is 0 Å². The van der Waals surface area contributed by atoms with Gasteiger partial charge < -0.3 is 10.3 Å². The Balaban J connectivity index is 2.14. The fourth-order valence-corrected chi connectivity index (χ4v) is 2.26. The molecule has 0 spiro atoms. The molecule has 0 fully saturated rings. The van der Waals surface area contributed by atoms with Crippen LogP contribution in [-0.4, -0.2) is 5.16 Å². The van der Waals surface area contributed by atoms with Gasteiger partial charge in [0.15, 0.2) is 11.6 Å². The molecular formula is C15H10BrFN2O. The molecule has 2 aromatic carbocycles. The predicted molar refractivity (Wildman–Crippen MR) is 79.4 cm³/mol. The number of nitrogens with two attached hydrogens (primary N) is 1. The maximum absolute atomic E-state index is 13.0. The van der Waals surface area contributed by atoms with Crippen molar-refractivity contribution in [2.45, 2.75) is 0 Å². The minimum absolute atomic E-state index is 0.287. The Morgan fingerprint density at radius 1 is 0.950 bits per heavy atom. The minimum atomic E-state index is -0.297. The molecule has 0 aliphatic carbocycles. The van der Waals surface area contributed by atoms with Crippen LogP contribution in [0.5, 0.6) is 0 Å². The third kappa shape index (κ3) is 2.32. The maximum Gasteiger partial charge on any atom is 0.176 e. The summed E-state index contributed by atoms with van der Waals surface area (Å²) in [6.45, 7) is 0. The van der Waals surface area contributed by atoms with Crippen molar-refractivity contribution < 1.29 is 8.91 Å². The average Bonchev–Trinajstić information content (AvgIpc) is 2.83. The van der Waals surface area contributed by atoms with E-state index in [4.69, 9.17) is 10.3 Å². The van der Waals surface area contributed by atoms with E-state index in [1.807, 2.05) is 24.3 Å². The molecule has 0 saturated heterocycles. The zero-order chi connectivity index (χ0) is 14.1. The number of rotatable bonds is 2. The quantitative estimate of drug-likeness (QED) is 0.752. The third-order valence-corrected chi connectivity index (χ3v) is 3.49. The molecule has 1 aromatic heterocycles. The molecule has 3 aromatic rings. The van der Waals surface area contributed by atoms with Crippen LogP contribution in [0.3, 0.4) is 0 Å². The van der Waals surface area contributed by atoms with Gasteiger partial charge in [0.25, 0.3) is 0 Å². The van der Waals surface area contributed by atoms with Gasteiger partial charge in [0, 0.05) is 10.0 Å². The Kier molecular flexibility index (Phi) is 3.28. The van der Waals surface area contributed by atoms with Crippen LogP contribution in [0.1, 0.15) is 0 Å². The number of nitrogens with zero attached hydrogens (tertiary/aromatic N) is 1. The second-order valence-corrected chi connectivity index (χ2v) is 5.20. The normalized spacial score (nSPS) is 10.7.